The van der Waals surface area contributed by atoms with Crippen molar-refractivity contribution in [3.8, 4) is 0 Å². The van der Waals surface area contributed by atoms with Crippen molar-refractivity contribution in [3.63, 3.8) is 0 Å². The Morgan fingerprint density at radius 1 is 1.36 bits per heavy atom. The molecule has 0 aromatic carbocycles. The van der Waals surface area contributed by atoms with E-state index in [9.17, 15) is 0 Å². The Kier molecular flexibility index (Phi) is 3.45. The predicted molar refractivity (Wildman–Crippen MR) is 58.3 cm³/mol. The van der Waals surface area contributed by atoms with Crippen LogP contribution in [0.1, 0.15) is 26.7 Å². The minimum absolute atomic E-state index is 0.820. The van der Waals surface area contributed by atoms with Crippen LogP contribution in [0.3, 0.4) is 0 Å². The van der Waals surface area contributed by atoms with Crippen molar-refractivity contribution >= 4 is 0 Å². The van der Waals surface area contributed by atoms with Gasteiger partial charge in [-0.2, -0.15) is 0 Å². The maximum absolute atomic E-state index is 5.41. The molecule has 2 nitrogen and oxygen atoms in total. The molecule has 0 N–H and O–H groups in total. The van der Waals surface area contributed by atoms with E-state index in [1.54, 1.807) is 0 Å². The van der Waals surface area contributed by atoms with Gasteiger partial charge < -0.3 is 9.64 Å². The number of hydrogen-bond donors (Lipinski definition) is 0. The molecule has 2 rings (SSSR count). The van der Waals surface area contributed by atoms with Crippen molar-refractivity contribution in [1.29, 1.82) is 0 Å². The molecule has 2 fully saturated rings. The molecule has 2 aliphatic rings. The van der Waals surface area contributed by atoms with E-state index in [4.69, 9.17) is 4.74 Å². The van der Waals surface area contributed by atoms with Gasteiger partial charge in [-0.25, -0.2) is 0 Å². The zero-order valence-corrected chi connectivity index (χ0v) is 9.54. The molecule has 2 unspecified atom stereocenters. The van der Waals surface area contributed by atoms with Crippen LogP contribution in [0, 0.1) is 17.8 Å². The Labute approximate surface area is 87.6 Å². The third-order valence-corrected chi connectivity index (χ3v) is 3.79. The Morgan fingerprint density at radius 3 is 2.79 bits per heavy atom. The minimum Gasteiger partial charge on any atom is -0.381 e. The highest BCUT2D eigenvalue weighted by Crippen LogP contribution is 2.25. The number of likely N-dealkylation sites (tertiary alicyclic amines) is 1. The van der Waals surface area contributed by atoms with E-state index in [0.29, 0.717) is 0 Å². The molecule has 2 atom stereocenters. The van der Waals surface area contributed by atoms with Crippen LogP contribution in [-0.4, -0.2) is 37.7 Å². The fraction of sp³-hybridized carbons (Fsp3) is 1.00. The summed E-state index contributed by atoms with van der Waals surface area (Å²) in [6.45, 7) is 10.6. The predicted octanol–water partition coefficient (Wildman–Crippen LogP) is 2.00. The molecular formula is C12H23NO. The second kappa shape index (κ2) is 4.63. The van der Waals surface area contributed by atoms with Crippen LogP contribution >= 0.6 is 0 Å². The standard InChI is InChI=1S/C12H23NO/c1-10(2)12-3-5-13(8-12)7-11-4-6-14-9-11/h10-12H,3-9H2,1-2H3. The highest BCUT2D eigenvalue weighted by atomic mass is 16.5. The SMILES string of the molecule is CC(C)C1CCN(CC2CCOC2)C1. The first kappa shape index (κ1) is 10.4. The van der Waals surface area contributed by atoms with Crippen LogP contribution in [0.5, 0.6) is 0 Å². The van der Waals surface area contributed by atoms with Gasteiger partial charge >= 0.3 is 0 Å². The summed E-state index contributed by atoms with van der Waals surface area (Å²) >= 11 is 0. The van der Waals surface area contributed by atoms with Gasteiger partial charge in [0.15, 0.2) is 0 Å². The molecule has 14 heavy (non-hydrogen) atoms. The second-order valence-corrected chi connectivity index (χ2v) is 5.28. The van der Waals surface area contributed by atoms with Gasteiger partial charge in [0.1, 0.15) is 0 Å². The molecule has 2 heteroatoms. The minimum atomic E-state index is 0.820. The number of hydrogen-bond acceptors (Lipinski definition) is 2. The lowest BCUT2D eigenvalue weighted by Crippen LogP contribution is -2.28. The van der Waals surface area contributed by atoms with E-state index in [1.807, 2.05) is 0 Å². The highest BCUT2D eigenvalue weighted by molar-refractivity contribution is 4.80. The molecule has 2 aliphatic heterocycles. The van der Waals surface area contributed by atoms with Crippen molar-refractivity contribution in [1.82, 2.24) is 4.90 Å². The fourth-order valence-corrected chi connectivity index (χ4v) is 2.67. The van der Waals surface area contributed by atoms with E-state index < -0.39 is 0 Å². The van der Waals surface area contributed by atoms with Crippen molar-refractivity contribution in [2.24, 2.45) is 17.8 Å². The van der Waals surface area contributed by atoms with E-state index >= 15 is 0 Å². The van der Waals surface area contributed by atoms with Crippen molar-refractivity contribution in [3.05, 3.63) is 0 Å². The second-order valence-electron chi connectivity index (χ2n) is 5.28. The van der Waals surface area contributed by atoms with Gasteiger partial charge in [-0.3, -0.25) is 0 Å². The highest BCUT2D eigenvalue weighted by Gasteiger charge is 2.27. The molecule has 0 amide bonds. The molecule has 2 heterocycles. The Hall–Kier alpha value is -0.0800. The van der Waals surface area contributed by atoms with Crippen LogP contribution in [0.2, 0.25) is 0 Å². The van der Waals surface area contributed by atoms with Crippen LogP contribution in [0.25, 0.3) is 0 Å². The van der Waals surface area contributed by atoms with Gasteiger partial charge in [-0.05, 0) is 37.1 Å². The normalized spacial score (nSPS) is 34.5. The molecule has 0 aromatic rings. The van der Waals surface area contributed by atoms with Gasteiger partial charge in [0, 0.05) is 19.7 Å². The van der Waals surface area contributed by atoms with E-state index in [-0.39, 0.29) is 0 Å². The molecule has 82 valence electrons. The fourth-order valence-electron chi connectivity index (χ4n) is 2.67. The van der Waals surface area contributed by atoms with Gasteiger partial charge in [-0.1, -0.05) is 13.8 Å². The van der Waals surface area contributed by atoms with Gasteiger partial charge in [-0.15, -0.1) is 0 Å². The molecular weight excluding hydrogens is 174 g/mol. The van der Waals surface area contributed by atoms with Crippen LogP contribution in [-0.2, 0) is 4.74 Å². The number of rotatable bonds is 3. The first-order valence-electron chi connectivity index (χ1n) is 6.06. The molecule has 0 aliphatic carbocycles. The lowest BCUT2D eigenvalue weighted by molar-refractivity contribution is 0.172. The van der Waals surface area contributed by atoms with Crippen molar-refractivity contribution in [2.45, 2.75) is 26.7 Å². The first-order valence-corrected chi connectivity index (χ1v) is 6.06. The topological polar surface area (TPSA) is 12.5 Å². The summed E-state index contributed by atoms with van der Waals surface area (Å²) in [5.41, 5.74) is 0. The van der Waals surface area contributed by atoms with Crippen LogP contribution in [0.15, 0.2) is 0 Å². The zero-order valence-electron chi connectivity index (χ0n) is 9.54. The van der Waals surface area contributed by atoms with E-state index in [1.165, 1.54) is 32.5 Å². The number of nitrogens with zero attached hydrogens (tertiary/aromatic N) is 1. The summed E-state index contributed by atoms with van der Waals surface area (Å²) in [5, 5.41) is 0. The third kappa shape index (κ3) is 2.48. The zero-order chi connectivity index (χ0) is 9.97. The lowest BCUT2D eigenvalue weighted by atomic mass is 9.95. The Balaban J connectivity index is 1.72. The van der Waals surface area contributed by atoms with Gasteiger partial charge in [0.2, 0.25) is 0 Å². The average molecular weight is 197 g/mol. The molecule has 2 saturated heterocycles. The summed E-state index contributed by atoms with van der Waals surface area (Å²) in [6.07, 6.45) is 2.69. The number of ether oxygens (including phenoxy) is 1. The Morgan fingerprint density at radius 2 is 2.21 bits per heavy atom. The monoisotopic (exact) mass is 197 g/mol. The largest absolute Gasteiger partial charge is 0.381 e. The van der Waals surface area contributed by atoms with E-state index in [0.717, 1.165) is 31.0 Å². The quantitative estimate of drug-likeness (QED) is 0.686. The average Bonchev–Trinajstić information content (AvgIpc) is 2.75. The molecule has 0 radical (unpaired) electrons. The summed E-state index contributed by atoms with van der Waals surface area (Å²) in [5.74, 6) is 2.62. The molecule has 0 saturated carbocycles. The smallest absolute Gasteiger partial charge is 0.0507 e. The van der Waals surface area contributed by atoms with E-state index in [2.05, 4.69) is 18.7 Å². The lowest BCUT2D eigenvalue weighted by Gasteiger charge is -2.20. The molecule has 0 aromatic heterocycles. The maximum atomic E-state index is 5.41. The summed E-state index contributed by atoms with van der Waals surface area (Å²) in [6, 6.07) is 0. The Bertz CT molecular complexity index is 175. The summed E-state index contributed by atoms with van der Waals surface area (Å²) in [4.78, 5) is 2.64. The maximum Gasteiger partial charge on any atom is 0.0507 e. The van der Waals surface area contributed by atoms with Gasteiger partial charge in [0.05, 0.1) is 6.61 Å². The van der Waals surface area contributed by atoms with Crippen molar-refractivity contribution < 1.29 is 4.74 Å². The van der Waals surface area contributed by atoms with Crippen molar-refractivity contribution in [2.75, 3.05) is 32.8 Å². The van der Waals surface area contributed by atoms with Crippen LogP contribution in [0.4, 0.5) is 0 Å². The summed E-state index contributed by atoms with van der Waals surface area (Å²) < 4.78 is 5.41. The van der Waals surface area contributed by atoms with Gasteiger partial charge in [0.25, 0.3) is 0 Å². The molecule has 0 bridgehead atoms. The third-order valence-electron chi connectivity index (χ3n) is 3.79. The summed E-state index contributed by atoms with van der Waals surface area (Å²) in [7, 11) is 0. The van der Waals surface area contributed by atoms with Crippen LogP contribution < -0.4 is 0 Å². The first-order chi connectivity index (χ1) is 6.75. The molecule has 0 spiro atoms.